The fraction of sp³-hybridized carbons (Fsp3) is 1.00. The average Bonchev–Trinajstić information content (AvgIpc) is 2.40. The van der Waals surface area contributed by atoms with Crippen molar-refractivity contribution in [1.29, 1.82) is 0 Å². The van der Waals surface area contributed by atoms with Crippen molar-refractivity contribution in [2.24, 2.45) is 11.7 Å². The Morgan fingerprint density at radius 3 is 2.06 bits per heavy atom. The Labute approximate surface area is 115 Å². The van der Waals surface area contributed by atoms with Crippen LogP contribution in [0.5, 0.6) is 0 Å². The fourth-order valence-electron chi connectivity index (χ4n) is 2.93. The first-order chi connectivity index (χ1) is 8.60. The SMILES string of the molecule is CCCCC(CC)CC(N)C(CC)(CC)OCC. The van der Waals surface area contributed by atoms with Gasteiger partial charge in [0.05, 0.1) is 5.60 Å². The van der Waals surface area contributed by atoms with Gasteiger partial charge < -0.3 is 10.5 Å². The number of rotatable bonds is 11. The minimum Gasteiger partial charge on any atom is -0.374 e. The quantitative estimate of drug-likeness (QED) is 0.591. The van der Waals surface area contributed by atoms with Crippen LogP contribution in [0.3, 0.4) is 0 Å². The van der Waals surface area contributed by atoms with E-state index in [1.54, 1.807) is 0 Å². The molecule has 2 nitrogen and oxygen atoms in total. The molecule has 0 heterocycles. The van der Waals surface area contributed by atoms with Crippen molar-refractivity contribution in [3.8, 4) is 0 Å². The van der Waals surface area contributed by atoms with Crippen molar-refractivity contribution in [2.75, 3.05) is 6.61 Å². The van der Waals surface area contributed by atoms with E-state index in [0.717, 1.165) is 31.8 Å². The maximum Gasteiger partial charge on any atom is 0.0827 e. The second-order valence-corrected chi connectivity index (χ2v) is 5.46. The van der Waals surface area contributed by atoms with Gasteiger partial charge in [0.25, 0.3) is 0 Å². The molecule has 0 aliphatic heterocycles. The Morgan fingerprint density at radius 2 is 1.67 bits per heavy atom. The summed E-state index contributed by atoms with van der Waals surface area (Å²) in [6.45, 7) is 11.8. The highest BCUT2D eigenvalue weighted by Crippen LogP contribution is 2.29. The molecule has 0 aromatic rings. The van der Waals surface area contributed by atoms with Gasteiger partial charge in [-0.2, -0.15) is 0 Å². The number of ether oxygens (including phenoxy) is 1. The maximum absolute atomic E-state index is 6.48. The molecule has 2 N–H and O–H groups in total. The van der Waals surface area contributed by atoms with Crippen molar-refractivity contribution >= 4 is 0 Å². The van der Waals surface area contributed by atoms with E-state index in [1.807, 2.05) is 0 Å². The highest BCUT2D eigenvalue weighted by molar-refractivity contribution is 4.90. The van der Waals surface area contributed by atoms with Crippen LogP contribution >= 0.6 is 0 Å². The first kappa shape index (κ1) is 17.9. The van der Waals surface area contributed by atoms with Crippen molar-refractivity contribution < 1.29 is 4.74 Å². The van der Waals surface area contributed by atoms with Crippen LogP contribution < -0.4 is 5.73 Å². The summed E-state index contributed by atoms with van der Waals surface area (Å²) in [6.07, 6.45) is 8.30. The summed E-state index contributed by atoms with van der Waals surface area (Å²) >= 11 is 0. The Balaban J connectivity index is 4.50. The molecule has 0 aliphatic carbocycles. The first-order valence-electron chi connectivity index (χ1n) is 7.99. The van der Waals surface area contributed by atoms with Gasteiger partial charge in [0, 0.05) is 12.6 Å². The second kappa shape index (κ2) is 9.80. The molecule has 2 atom stereocenters. The Kier molecular flexibility index (Phi) is 9.76. The topological polar surface area (TPSA) is 35.2 Å². The number of unbranched alkanes of at least 4 members (excludes halogenated alkanes) is 1. The van der Waals surface area contributed by atoms with Crippen LogP contribution in [0.1, 0.15) is 79.6 Å². The van der Waals surface area contributed by atoms with Gasteiger partial charge in [-0.25, -0.2) is 0 Å². The minimum absolute atomic E-state index is 0.103. The Morgan fingerprint density at radius 1 is 1.06 bits per heavy atom. The van der Waals surface area contributed by atoms with Gasteiger partial charge in [-0.05, 0) is 32.1 Å². The van der Waals surface area contributed by atoms with Crippen molar-refractivity contribution in [1.82, 2.24) is 0 Å². The van der Waals surface area contributed by atoms with Gasteiger partial charge in [-0.1, -0.05) is 53.4 Å². The van der Waals surface area contributed by atoms with Crippen LogP contribution in [0.25, 0.3) is 0 Å². The summed E-state index contributed by atoms with van der Waals surface area (Å²) in [4.78, 5) is 0. The predicted octanol–water partition coefficient (Wildman–Crippen LogP) is 4.52. The molecule has 0 amide bonds. The molecule has 0 aromatic heterocycles. The zero-order valence-corrected chi connectivity index (χ0v) is 13.3. The van der Waals surface area contributed by atoms with Gasteiger partial charge in [-0.3, -0.25) is 0 Å². The standard InChI is InChI=1S/C16H35NO/c1-6-11-12-14(7-2)13-15(17)16(8-3,9-4)18-10-5/h14-15H,6-13,17H2,1-5H3. The van der Waals surface area contributed by atoms with Crippen molar-refractivity contribution in [3.63, 3.8) is 0 Å². The third-order valence-corrected chi connectivity index (χ3v) is 4.44. The number of hydrogen-bond acceptors (Lipinski definition) is 2. The molecular weight excluding hydrogens is 222 g/mol. The fourth-order valence-corrected chi connectivity index (χ4v) is 2.93. The third-order valence-electron chi connectivity index (χ3n) is 4.44. The van der Waals surface area contributed by atoms with Crippen LogP contribution in [0.4, 0.5) is 0 Å². The van der Waals surface area contributed by atoms with Crippen LogP contribution in [-0.2, 0) is 4.74 Å². The van der Waals surface area contributed by atoms with Crippen LogP contribution in [-0.4, -0.2) is 18.2 Å². The Bertz CT molecular complexity index is 190. The predicted molar refractivity (Wildman–Crippen MR) is 80.8 cm³/mol. The lowest BCUT2D eigenvalue weighted by Crippen LogP contribution is -2.50. The van der Waals surface area contributed by atoms with Crippen molar-refractivity contribution in [3.05, 3.63) is 0 Å². The van der Waals surface area contributed by atoms with E-state index in [-0.39, 0.29) is 11.6 Å². The monoisotopic (exact) mass is 257 g/mol. The van der Waals surface area contributed by atoms with Crippen molar-refractivity contribution in [2.45, 2.75) is 91.2 Å². The highest BCUT2D eigenvalue weighted by Gasteiger charge is 2.34. The summed E-state index contributed by atoms with van der Waals surface area (Å²) in [5, 5.41) is 0. The molecule has 0 fully saturated rings. The van der Waals surface area contributed by atoms with Gasteiger partial charge >= 0.3 is 0 Å². The summed E-state index contributed by atoms with van der Waals surface area (Å²) in [7, 11) is 0. The van der Waals surface area contributed by atoms with E-state index in [9.17, 15) is 0 Å². The van der Waals surface area contributed by atoms with Crippen LogP contribution in [0.15, 0.2) is 0 Å². The minimum atomic E-state index is -0.103. The second-order valence-electron chi connectivity index (χ2n) is 5.46. The largest absolute Gasteiger partial charge is 0.374 e. The average molecular weight is 257 g/mol. The van der Waals surface area contributed by atoms with Crippen LogP contribution in [0, 0.1) is 5.92 Å². The van der Waals surface area contributed by atoms with Gasteiger partial charge in [0.15, 0.2) is 0 Å². The normalized spacial score (nSPS) is 15.7. The lowest BCUT2D eigenvalue weighted by Gasteiger charge is -2.39. The van der Waals surface area contributed by atoms with E-state index in [1.165, 1.54) is 25.7 Å². The summed E-state index contributed by atoms with van der Waals surface area (Å²) in [5.41, 5.74) is 6.38. The third kappa shape index (κ3) is 5.27. The molecular formula is C16H35NO. The zero-order valence-electron chi connectivity index (χ0n) is 13.3. The van der Waals surface area contributed by atoms with E-state index in [2.05, 4.69) is 34.6 Å². The summed E-state index contributed by atoms with van der Waals surface area (Å²) in [5.74, 6) is 0.762. The molecule has 110 valence electrons. The maximum atomic E-state index is 6.48. The van der Waals surface area contributed by atoms with Gasteiger partial charge in [-0.15, -0.1) is 0 Å². The summed E-state index contributed by atoms with van der Waals surface area (Å²) in [6, 6.07) is 0.175. The lowest BCUT2D eigenvalue weighted by atomic mass is 9.81. The van der Waals surface area contributed by atoms with E-state index in [0.29, 0.717) is 0 Å². The number of nitrogens with two attached hydrogens (primary N) is 1. The molecule has 0 aromatic carbocycles. The van der Waals surface area contributed by atoms with E-state index in [4.69, 9.17) is 10.5 Å². The van der Waals surface area contributed by atoms with Crippen LogP contribution in [0.2, 0.25) is 0 Å². The van der Waals surface area contributed by atoms with E-state index < -0.39 is 0 Å². The molecule has 0 rings (SSSR count). The molecule has 2 heteroatoms. The molecule has 0 aliphatic rings. The molecule has 0 saturated carbocycles. The lowest BCUT2D eigenvalue weighted by molar-refractivity contribution is -0.0682. The molecule has 18 heavy (non-hydrogen) atoms. The first-order valence-corrected chi connectivity index (χ1v) is 7.99. The number of hydrogen-bond donors (Lipinski definition) is 1. The molecule has 0 spiro atoms. The van der Waals surface area contributed by atoms with Gasteiger partial charge in [0.1, 0.15) is 0 Å². The molecule has 0 saturated heterocycles. The van der Waals surface area contributed by atoms with Gasteiger partial charge in [0.2, 0.25) is 0 Å². The molecule has 0 radical (unpaired) electrons. The summed E-state index contributed by atoms with van der Waals surface area (Å²) < 4.78 is 6.01. The molecule has 0 bridgehead atoms. The zero-order chi connectivity index (χ0) is 14.0. The Hall–Kier alpha value is -0.0800. The smallest absolute Gasteiger partial charge is 0.0827 e. The van der Waals surface area contributed by atoms with E-state index >= 15 is 0 Å². The highest BCUT2D eigenvalue weighted by atomic mass is 16.5. The molecule has 2 unspecified atom stereocenters.